The second-order valence-electron chi connectivity index (χ2n) is 4.00. The molecule has 0 atom stereocenters. The van der Waals surface area contributed by atoms with Crippen LogP contribution in [0.15, 0.2) is 23.1 Å². The Balaban J connectivity index is 3.08. The molecule has 19 heavy (non-hydrogen) atoms. The summed E-state index contributed by atoms with van der Waals surface area (Å²) in [6.45, 7) is 0.717. The van der Waals surface area contributed by atoms with Crippen LogP contribution in [0.3, 0.4) is 0 Å². The number of methoxy groups -OCH3 is 1. The molecule has 108 valence electrons. The van der Waals surface area contributed by atoms with Gasteiger partial charge in [0.15, 0.2) is 0 Å². The van der Waals surface area contributed by atoms with E-state index < -0.39 is 10.0 Å². The molecule has 0 amide bonds. The number of rotatable bonds is 7. The van der Waals surface area contributed by atoms with Crippen molar-refractivity contribution in [3.63, 3.8) is 0 Å². The zero-order valence-electron chi connectivity index (χ0n) is 11.4. The molecule has 1 aromatic rings. The van der Waals surface area contributed by atoms with Gasteiger partial charge in [0.2, 0.25) is 10.0 Å². The number of hydrogen-bond donors (Lipinski definition) is 1. The summed E-state index contributed by atoms with van der Waals surface area (Å²) in [7, 11) is -0.344. The first kappa shape index (κ1) is 16.3. The van der Waals surface area contributed by atoms with Crippen molar-refractivity contribution in [1.82, 2.24) is 4.31 Å². The van der Waals surface area contributed by atoms with Crippen LogP contribution < -0.4 is 10.5 Å². The minimum Gasteiger partial charge on any atom is -0.496 e. The van der Waals surface area contributed by atoms with Crippen molar-refractivity contribution in [3.05, 3.63) is 23.8 Å². The molecule has 0 radical (unpaired) electrons. The first-order valence-electron chi connectivity index (χ1n) is 5.79. The summed E-state index contributed by atoms with van der Waals surface area (Å²) in [5, 5.41) is 0. The minimum atomic E-state index is -3.46. The van der Waals surface area contributed by atoms with Gasteiger partial charge in [-0.05, 0) is 24.5 Å². The van der Waals surface area contributed by atoms with Gasteiger partial charge in [0, 0.05) is 31.5 Å². The van der Waals surface area contributed by atoms with Gasteiger partial charge in [-0.1, -0.05) is 0 Å². The average molecular weight is 304 g/mol. The number of nitrogens with two attached hydrogens (primary N) is 1. The van der Waals surface area contributed by atoms with Crippen LogP contribution in [0.25, 0.3) is 0 Å². The fourth-order valence-electron chi connectivity index (χ4n) is 1.59. The molecule has 1 aromatic carbocycles. The highest BCUT2D eigenvalue weighted by Gasteiger charge is 2.21. The zero-order valence-corrected chi connectivity index (χ0v) is 13.1. The quantitative estimate of drug-likeness (QED) is 0.818. The van der Waals surface area contributed by atoms with Crippen molar-refractivity contribution in [2.45, 2.75) is 11.4 Å². The summed E-state index contributed by atoms with van der Waals surface area (Å²) in [5.74, 6) is 1.36. The van der Waals surface area contributed by atoms with Crippen molar-refractivity contribution in [3.8, 4) is 5.75 Å². The molecule has 2 N–H and O–H groups in total. The maximum atomic E-state index is 12.3. The molecule has 7 heteroatoms. The molecule has 0 spiro atoms. The standard InChI is InChI=1S/C12H20N2O3S2/c1-14(6-7-18-3)19(15,16)11-4-5-12(17-2)10(8-11)9-13/h4-5,8H,6-7,9,13H2,1-3H3. The number of ether oxygens (including phenoxy) is 1. The monoisotopic (exact) mass is 304 g/mol. The number of nitrogens with zero attached hydrogens (tertiary/aromatic N) is 1. The maximum Gasteiger partial charge on any atom is 0.242 e. The molecule has 0 saturated carbocycles. The SMILES string of the molecule is COc1ccc(S(=O)(=O)N(C)CCSC)cc1CN. The van der Waals surface area contributed by atoms with Gasteiger partial charge >= 0.3 is 0 Å². The minimum absolute atomic E-state index is 0.237. The number of thioether (sulfide) groups is 1. The topological polar surface area (TPSA) is 72.6 Å². The van der Waals surface area contributed by atoms with Crippen LogP contribution in [0.5, 0.6) is 5.75 Å². The lowest BCUT2D eigenvalue weighted by molar-refractivity contribution is 0.409. The lowest BCUT2D eigenvalue weighted by atomic mass is 10.2. The predicted octanol–water partition coefficient (Wildman–Crippen LogP) is 1.14. The van der Waals surface area contributed by atoms with Gasteiger partial charge in [-0.15, -0.1) is 0 Å². The van der Waals surface area contributed by atoms with Gasteiger partial charge in [0.05, 0.1) is 12.0 Å². The molecule has 0 heterocycles. The van der Waals surface area contributed by atoms with Gasteiger partial charge in [-0.3, -0.25) is 0 Å². The van der Waals surface area contributed by atoms with E-state index in [0.717, 1.165) is 5.75 Å². The lowest BCUT2D eigenvalue weighted by Gasteiger charge is -2.17. The summed E-state index contributed by atoms with van der Waals surface area (Å²) in [6.07, 6.45) is 1.94. The largest absolute Gasteiger partial charge is 0.496 e. The molecule has 0 saturated heterocycles. The van der Waals surface area contributed by atoms with E-state index in [0.29, 0.717) is 17.9 Å². The Labute approximate surface area is 119 Å². The van der Waals surface area contributed by atoms with Crippen LogP contribution in [-0.4, -0.2) is 45.4 Å². The molecule has 0 aliphatic carbocycles. The van der Waals surface area contributed by atoms with Crippen molar-refractivity contribution in [2.24, 2.45) is 5.73 Å². The fourth-order valence-corrected chi connectivity index (χ4v) is 3.39. The summed E-state index contributed by atoms with van der Waals surface area (Å²) < 4.78 is 31.2. The van der Waals surface area contributed by atoms with E-state index in [1.54, 1.807) is 37.0 Å². The molecule has 0 bridgehead atoms. The van der Waals surface area contributed by atoms with Crippen LogP contribution in [0.4, 0.5) is 0 Å². The zero-order chi connectivity index (χ0) is 14.5. The summed E-state index contributed by atoms with van der Waals surface area (Å²) >= 11 is 1.61. The molecule has 0 aliphatic rings. The van der Waals surface area contributed by atoms with Gasteiger partial charge in [-0.25, -0.2) is 12.7 Å². The molecular formula is C12H20N2O3S2. The molecular weight excluding hydrogens is 284 g/mol. The highest BCUT2D eigenvalue weighted by atomic mass is 32.2. The van der Waals surface area contributed by atoms with Crippen molar-refractivity contribution >= 4 is 21.8 Å². The fraction of sp³-hybridized carbons (Fsp3) is 0.500. The van der Waals surface area contributed by atoms with Crippen molar-refractivity contribution < 1.29 is 13.2 Å². The Morgan fingerprint density at radius 1 is 1.42 bits per heavy atom. The van der Waals surface area contributed by atoms with Crippen LogP contribution in [0.1, 0.15) is 5.56 Å². The van der Waals surface area contributed by atoms with E-state index >= 15 is 0 Å². The van der Waals surface area contributed by atoms with Gasteiger partial charge in [0.1, 0.15) is 5.75 Å². The molecule has 0 aliphatic heterocycles. The van der Waals surface area contributed by atoms with Crippen LogP contribution in [-0.2, 0) is 16.6 Å². The third-order valence-corrected chi connectivity index (χ3v) is 5.23. The van der Waals surface area contributed by atoms with E-state index in [9.17, 15) is 8.42 Å². The van der Waals surface area contributed by atoms with Crippen LogP contribution in [0.2, 0.25) is 0 Å². The van der Waals surface area contributed by atoms with Gasteiger partial charge < -0.3 is 10.5 Å². The van der Waals surface area contributed by atoms with Crippen LogP contribution >= 0.6 is 11.8 Å². The highest BCUT2D eigenvalue weighted by Crippen LogP contribution is 2.23. The van der Waals surface area contributed by atoms with E-state index in [1.165, 1.54) is 11.4 Å². The molecule has 0 unspecified atom stereocenters. The molecule has 5 nitrogen and oxygen atoms in total. The summed E-state index contributed by atoms with van der Waals surface area (Å²) in [5.41, 5.74) is 6.29. The summed E-state index contributed by atoms with van der Waals surface area (Å²) in [6, 6.07) is 4.75. The van der Waals surface area contributed by atoms with E-state index in [2.05, 4.69) is 0 Å². The smallest absolute Gasteiger partial charge is 0.242 e. The van der Waals surface area contributed by atoms with E-state index in [-0.39, 0.29) is 11.4 Å². The maximum absolute atomic E-state index is 12.3. The lowest BCUT2D eigenvalue weighted by Crippen LogP contribution is -2.29. The Morgan fingerprint density at radius 2 is 2.11 bits per heavy atom. The number of sulfonamides is 1. The Bertz CT molecular complexity index is 518. The number of hydrogen-bond acceptors (Lipinski definition) is 5. The molecule has 0 aromatic heterocycles. The second kappa shape index (κ2) is 7.14. The van der Waals surface area contributed by atoms with E-state index in [4.69, 9.17) is 10.5 Å². The normalized spacial score (nSPS) is 11.8. The third-order valence-electron chi connectivity index (χ3n) is 2.79. The van der Waals surface area contributed by atoms with Crippen molar-refractivity contribution in [2.75, 3.05) is 32.7 Å². The Morgan fingerprint density at radius 3 is 2.63 bits per heavy atom. The van der Waals surface area contributed by atoms with Crippen molar-refractivity contribution in [1.29, 1.82) is 0 Å². The second-order valence-corrected chi connectivity index (χ2v) is 7.03. The average Bonchev–Trinajstić information content (AvgIpc) is 2.43. The van der Waals surface area contributed by atoms with Gasteiger partial charge in [0.25, 0.3) is 0 Å². The number of benzene rings is 1. The first-order chi connectivity index (χ1) is 8.97. The third kappa shape index (κ3) is 3.85. The Kier molecular flexibility index (Phi) is 6.12. The molecule has 1 rings (SSSR count). The highest BCUT2D eigenvalue weighted by molar-refractivity contribution is 7.98. The predicted molar refractivity (Wildman–Crippen MR) is 79.1 cm³/mol. The van der Waals surface area contributed by atoms with Crippen LogP contribution in [0, 0.1) is 0 Å². The Hall–Kier alpha value is -0.760. The van der Waals surface area contributed by atoms with Gasteiger partial charge in [-0.2, -0.15) is 11.8 Å². The molecule has 0 fully saturated rings. The van der Waals surface area contributed by atoms with E-state index in [1.807, 2.05) is 6.26 Å². The summed E-state index contributed by atoms with van der Waals surface area (Å²) in [4.78, 5) is 0.248. The first-order valence-corrected chi connectivity index (χ1v) is 8.63.